The number of ether oxygens (including phenoxy) is 2. The van der Waals surface area contributed by atoms with Crippen LogP contribution in [0, 0.1) is 0 Å². The Morgan fingerprint density at radius 3 is 2.71 bits per heavy atom. The van der Waals surface area contributed by atoms with Crippen molar-refractivity contribution < 1.29 is 9.47 Å². The smallest absolute Gasteiger partial charge is 0.160 e. The normalized spacial score (nSPS) is 10.5. The number of aromatic nitrogens is 1. The molecule has 0 aliphatic rings. The van der Waals surface area contributed by atoms with Gasteiger partial charge in [0.25, 0.3) is 0 Å². The van der Waals surface area contributed by atoms with Crippen molar-refractivity contribution in [2.75, 3.05) is 14.2 Å². The van der Waals surface area contributed by atoms with E-state index < -0.39 is 0 Å². The molecule has 2 rings (SSSR count). The fourth-order valence-corrected chi connectivity index (χ4v) is 2.66. The van der Waals surface area contributed by atoms with Crippen LogP contribution in [0.1, 0.15) is 0 Å². The second-order valence-electron chi connectivity index (χ2n) is 2.64. The van der Waals surface area contributed by atoms with Crippen LogP contribution in [0.5, 0.6) is 11.5 Å². The molecule has 0 fully saturated rings. The van der Waals surface area contributed by atoms with Gasteiger partial charge in [-0.3, -0.25) is 0 Å². The lowest BCUT2D eigenvalue weighted by atomic mass is 10.3. The molecule has 0 spiro atoms. The van der Waals surface area contributed by atoms with Crippen molar-refractivity contribution in [1.29, 1.82) is 0 Å². The van der Waals surface area contributed by atoms with Gasteiger partial charge < -0.3 is 9.47 Å². The second-order valence-corrected chi connectivity index (χ2v) is 4.95. The first-order valence-corrected chi connectivity index (χ1v) is 5.53. The van der Waals surface area contributed by atoms with E-state index in [1.807, 2.05) is 12.1 Å². The molecule has 3 nitrogen and oxygen atoms in total. The number of methoxy groups -OCH3 is 2. The van der Waals surface area contributed by atoms with Crippen LogP contribution >= 0.6 is 27.3 Å². The summed E-state index contributed by atoms with van der Waals surface area (Å²) in [4.78, 5) is 4.31. The molecule has 0 radical (unpaired) electrons. The van der Waals surface area contributed by atoms with Crippen LogP contribution in [0.25, 0.3) is 10.2 Å². The van der Waals surface area contributed by atoms with Gasteiger partial charge in [-0.2, -0.15) is 0 Å². The van der Waals surface area contributed by atoms with Crippen molar-refractivity contribution in [2.45, 2.75) is 0 Å². The van der Waals surface area contributed by atoms with Gasteiger partial charge in [0.1, 0.15) is 17.0 Å². The van der Waals surface area contributed by atoms with E-state index in [9.17, 15) is 0 Å². The van der Waals surface area contributed by atoms with E-state index in [-0.39, 0.29) is 0 Å². The average Bonchev–Trinajstić information content (AvgIpc) is 2.56. The number of rotatable bonds is 2. The fourth-order valence-electron chi connectivity index (χ4n) is 1.22. The second kappa shape index (κ2) is 3.74. The zero-order valence-electron chi connectivity index (χ0n) is 7.70. The number of hydrogen-bond donors (Lipinski definition) is 0. The van der Waals surface area contributed by atoms with Crippen LogP contribution in [0.4, 0.5) is 0 Å². The minimum atomic E-state index is 0.737. The van der Waals surface area contributed by atoms with Gasteiger partial charge in [-0.05, 0) is 22.0 Å². The predicted octanol–water partition coefficient (Wildman–Crippen LogP) is 3.08. The van der Waals surface area contributed by atoms with Crippen molar-refractivity contribution in [3.05, 3.63) is 16.0 Å². The largest absolute Gasteiger partial charge is 0.497 e. The molecule has 2 aromatic rings. The molecule has 0 atom stereocenters. The summed E-state index contributed by atoms with van der Waals surface area (Å²) in [5.74, 6) is 1.52. The third-order valence-corrected chi connectivity index (χ3v) is 3.32. The summed E-state index contributed by atoms with van der Waals surface area (Å²) in [5.41, 5.74) is 0.866. The average molecular weight is 274 g/mol. The first-order chi connectivity index (χ1) is 6.74. The van der Waals surface area contributed by atoms with E-state index in [0.717, 1.165) is 25.6 Å². The molecule has 0 aliphatic carbocycles. The maximum atomic E-state index is 5.23. The Kier molecular flexibility index (Phi) is 2.60. The van der Waals surface area contributed by atoms with Crippen LogP contribution in [-0.2, 0) is 0 Å². The first-order valence-electron chi connectivity index (χ1n) is 3.92. The number of halogens is 1. The molecule has 1 heterocycles. The number of hydrogen-bond acceptors (Lipinski definition) is 4. The van der Waals surface area contributed by atoms with Crippen LogP contribution in [0.3, 0.4) is 0 Å². The Labute approximate surface area is 93.8 Å². The molecule has 14 heavy (non-hydrogen) atoms. The van der Waals surface area contributed by atoms with Gasteiger partial charge >= 0.3 is 0 Å². The highest BCUT2D eigenvalue weighted by Crippen LogP contribution is 2.35. The third-order valence-electron chi connectivity index (χ3n) is 1.86. The maximum Gasteiger partial charge on any atom is 0.160 e. The Morgan fingerprint density at radius 1 is 1.29 bits per heavy atom. The van der Waals surface area contributed by atoms with Crippen molar-refractivity contribution in [3.63, 3.8) is 0 Å². The number of thiazole rings is 1. The SMILES string of the molecule is COc1cc(OC)c2nc(Br)sc2c1. The summed E-state index contributed by atoms with van der Waals surface area (Å²) in [6.07, 6.45) is 0. The molecule has 0 bridgehead atoms. The van der Waals surface area contributed by atoms with E-state index in [2.05, 4.69) is 20.9 Å². The first kappa shape index (κ1) is 9.73. The van der Waals surface area contributed by atoms with E-state index in [4.69, 9.17) is 9.47 Å². The highest BCUT2D eigenvalue weighted by molar-refractivity contribution is 9.11. The maximum absolute atomic E-state index is 5.23. The summed E-state index contributed by atoms with van der Waals surface area (Å²) in [7, 11) is 3.26. The standard InChI is InChI=1S/C9H8BrNO2S/c1-12-5-3-6(13-2)8-7(4-5)14-9(10)11-8/h3-4H,1-2H3. The van der Waals surface area contributed by atoms with Crippen LogP contribution in [0.2, 0.25) is 0 Å². The lowest BCUT2D eigenvalue weighted by Gasteiger charge is -2.03. The molecule has 0 saturated heterocycles. The molecular weight excluding hydrogens is 266 g/mol. The number of benzene rings is 1. The predicted molar refractivity (Wildman–Crippen MR) is 60.4 cm³/mol. The summed E-state index contributed by atoms with van der Waals surface area (Å²) in [6.45, 7) is 0. The topological polar surface area (TPSA) is 31.4 Å². The van der Waals surface area contributed by atoms with Crippen molar-refractivity contribution >= 4 is 37.5 Å². The molecule has 0 aliphatic heterocycles. The molecule has 0 unspecified atom stereocenters. The van der Waals surface area contributed by atoms with E-state index in [1.54, 1.807) is 25.6 Å². The van der Waals surface area contributed by atoms with Crippen molar-refractivity contribution in [3.8, 4) is 11.5 Å². The Hall–Kier alpha value is -0.810. The Morgan fingerprint density at radius 2 is 2.07 bits per heavy atom. The van der Waals surface area contributed by atoms with Crippen LogP contribution in [-0.4, -0.2) is 19.2 Å². The summed E-state index contributed by atoms with van der Waals surface area (Å²) >= 11 is 4.90. The minimum absolute atomic E-state index is 0.737. The molecule has 5 heteroatoms. The quantitative estimate of drug-likeness (QED) is 0.843. The fraction of sp³-hybridized carbons (Fsp3) is 0.222. The highest BCUT2D eigenvalue weighted by Gasteiger charge is 2.09. The molecular formula is C9H8BrNO2S. The summed E-state index contributed by atoms with van der Waals surface area (Å²) in [6, 6.07) is 3.77. The zero-order valence-corrected chi connectivity index (χ0v) is 10.1. The Bertz CT molecular complexity index is 469. The van der Waals surface area contributed by atoms with Crippen LogP contribution in [0.15, 0.2) is 16.0 Å². The van der Waals surface area contributed by atoms with E-state index in [1.165, 1.54) is 0 Å². The zero-order chi connectivity index (χ0) is 10.1. The molecule has 0 amide bonds. The lowest BCUT2D eigenvalue weighted by molar-refractivity contribution is 0.397. The highest BCUT2D eigenvalue weighted by atomic mass is 79.9. The molecule has 0 saturated carbocycles. The van der Waals surface area contributed by atoms with Gasteiger partial charge in [-0.1, -0.05) is 0 Å². The summed E-state index contributed by atoms with van der Waals surface area (Å²) < 4.78 is 12.3. The molecule has 0 N–H and O–H groups in total. The van der Waals surface area contributed by atoms with Crippen molar-refractivity contribution in [2.24, 2.45) is 0 Å². The lowest BCUT2D eigenvalue weighted by Crippen LogP contribution is -1.87. The van der Waals surface area contributed by atoms with Gasteiger partial charge in [0.2, 0.25) is 0 Å². The van der Waals surface area contributed by atoms with Gasteiger partial charge in [0.15, 0.2) is 3.92 Å². The molecule has 1 aromatic heterocycles. The monoisotopic (exact) mass is 273 g/mol. The minimum Gasteiger partial charge on any atom is -0.497 e. The molecule has 74 valence electrons. The van der Waals surface area contributed by atoms with Crippen molar-refractivity contribution in [1.82, 2.24) is 4.98 Å². The van der Waals surface area contributed by atoms with E-state index in [0.29, 0.717) is 0 Å². The van der Waals surface area contributed by atoms with Gasteiger partial charge in [0.05, 0.1) is 18.9 Å². The number of fused-ring (bicyclic) bond motifs is 1. The molecule has 1 aromatic carbocycles. The van der Waals surface area contributed by atoms with Gasteiger partial charge in [-0.25, -0.2) is 4.98 Å². The van der Waals surface area contributed by atoms with Gasteiger partial charge in [-0.15, -0.1) is 11.3 Å². The van der Waals surface area contributed by atoms with E-state index >= 15 is 0 Å². The Balaban J connectivity index is 2.72. The third kappa shape index (κ3) is 1.57. The summed E-state index contributed by atoms with van der Waals surface area (Å²) in [5, 5.41) is 0. The van der Waals surface area contributed by atoms with Gasteiger partial charge in [0, 0.05) is 6.07 Å². The number of nitrogens with zero attached hydrogens (tertiary/aromatic N) is 1. The van der Waals surface area contributed by atoms with Crippen LogP contribution < -0.4 is 9.47 Å².